The first kappa shape index (κ1) is 23.3. The Morgan fingerprint density at radius 2 is 1.80 bits per heavy atom. The molecule has 0 aromatic heterocycles. The van der Waals surface area contributed by atoms with Crippen LogP contribution in [0.1, 0.15) is 42.4 Å². The number of benzene rings is 3. The van der Waals surface area contributed by atoms with E-state index in [-0.39, 0.29) is 30.1 Å². The van der Waals surface area contributed by atoms with Gasteiger partial charge < -0.3 is 19.9 Å². The number of anilines is 1. The zero-order valence-electron chi connectivity index (χ0n) is 19.9. The lowest BCUT2D eigenvalue weighted by Crippen LogP contribution is -2.37. The Balaban J connectivity index is 1.50. The zero-order valence-corrected chi connectivity index (χ0v) is 19.9. The van der Waals surface area contributed by atoms with Gasteiger partial charge in [0.1, 0.15) is 0 Å². The third kappa shape index (κ3) is 4.88. The molecule has 0 fully saturated rings. The molecule has 5 rings (SSSR count). The first-order chi connectivity index (χ1) is 17.2. The molecule has 0 saturated heterocycles. The molecular formula is C30H31NO4. The van der Waals surface area contributed by atoms with Crippen molar-refractivity contribution in [3.8, 4) is 11.1 Å². The molecule has 0 spiro atoms. The molecule has 3 atom stereocenters. The van der Waals surface area contributed by atoms with E-state index < -0.39 is 6.29 Å². The van der Waals surface area contributed by atoms with Gasteiger partial charge in [0, 0.05) is 30.7 Å². The number of aliphatic hydroxyl groups is 1. The molecule has 3 aromatic rings. The second kappa shape index (κ2) is 10.5. The summed E-state index contributed by atoms with van der Waals surface area (Å²) in [5.41, 5.74) is 7.06. The van der Waals surface area contributed by atoms with Crippen LogP contribution in [-0.4, -0.2) is 30.5 Å². The Morgan fingerprint density at radius 1 is 1.03 bits per heavy atom. The molecule has 5 nitrogen and oxygen atoms in total. The lowest BCUT2D eigenvalue weighted by atomic mass is 9.80. The van der Waals surface area contributed by atoms with E-state index in [0.29, 0.717) is 18.7 Å². The molecule has 0 saturated carbocycles. The van der Waals surface area contributed by atoms with Crippen molar-refractivity contribution in [2.24, 2.45) is 5.92 Å². The molecule has 3 aromatic carbocycles. The van der Waals surface area contributed by atoms with Crippen molar-refractivity contribution in [1.82, 2.24) is 0 Å². The number of aliphatic hydroxyl groups excluding tert-OH is 1. The maximum atomic E-state index is 13.2. The monoisotopic (exact) mass is 469 g/mol. The molecule has 35 heavy (non-hydrogen) atoms. The summed E-state index contributed by atoms with van der Waals surface area (Å²) in [7, 11) is 0. The van der Waals surface area contributed by atoms with Crippen LogP contribution in [0.3, 0.4) is 0 Å². The van der Waals surface area contributed by atoms with E-state index in [1.54, 1.807) is 0 Å². The lowest BCUT2D eigenvalue weighted by molar-refractivity contribution is -0.165. The summed E-state index contributed by atoms with van der Waals surface area (Å²) in [6.45, 7) is 2.50. The summed E-state index contributed by atoms with van der Waals surface area (Å²) in [6.07, 6.45) is 3.64. The van der Waals surface area contributed by atoms with Crippen LogP contribution in [0.15, 0.2) is 84.6 Å². The molecular weight excluding hydrogens is 438 g/mol. The molecule has 1 amide bonds. The van der Waals surface area contributed by atoms with Crippen molar-refractivity contribution in [2.45, 2.75) is 38.4 Å². The van der Waals surface area contributed by atoms with Gasteiger partial charge in [0.2, 0.25) is 6.29 Å². The van der Waals surface area contributed by atoms with Gasteiger partial charge >= 0.3 is 0 Å². The SMILES string of the molecule is CCO[C@H]1OC(C(=O)Nc2ccccc2)=C[C@@H](c2ccc3c(c2)Cc2ccccc2-3)[C@@H]1CCCO. The number of para-hydroxylation sites is 1. The number of fused-ring (bicyclic) bond motifs is 3. The smallest absolute Gasteiger partial charge is 0.290 e. The fraction of sp³-hybridized carbons (Fsp3) is 0.300. The van der Waals surface area contributed by atoms with Crippen LogP contribution >= 0.6 is 0 Å². The van der Waals surface area contributed by atoms with Gasteiger partial charge in [-0.2, -0.15) is 0 Å². The highest BCUT2D eigenvalue weighted by Gasteiger charge is 2.38. The number of allylic oxidation sites excluding steroid dienone is 1. The van der Waals surface area contributed by atoms with Gasteiger partial charge in [-0.15, -0.1) is 0 Å². The molecule has 0 radical (unpaired) electrons. The minimum Gasteiger partial charge on any atom is -0.459 e. The van der Waals surface area contributed by atoms with Crippen molar-refractivity contribution in [1.29, 1.82) is 0 Å². The largest absolute Gasteiger partial charge is 0.459 e. The van der Waals surface area contributed by atoms with E-state index in [9.17, 15) is 9.90 Å². The van der Waals surface area contributed by atoms with E-state index >= 15 is 0 Å². The lowest BCUT2D eigenvalue weighted by Gasteiger charge is -2.37. The summed E-state index contributed by atoms with van der Waals surface area (Å²) < 4.78 is 12.1. The van der Waals surface area contributed by atoms with Crippen molar-refractivity contribution in [3.05, 3.63) is 101 Å². The Labute approximate surface area is 206 Å². The van der Waals surface area contributed by atoms with Crippen molar-refractivity contribution >= 4 is 11.6 Å². The average Bonchev–Trinajstić information content (AvgIpc) is 3.26. The van der Waals surface area contributed by atoms with Gasteiger partial charge in [0.05, 0.1) is 0 Å². The summed E-state index contributed by atoms with van der Waals surface area (Å²) in [6, 6.07) is 24.5. The predicted molar refractivity (Wildman–Crippen MR) is 137 cm³/mol. The molecule has 2 aliphatic rings. The number of hydrogen-bond acceptors (Lipinski definition) is 4. The van der Waals surface area contributed by atoms with Gasteiger partial charge in [-0.05, 0) is 72.2 Å². The maximum Gasteiger partial charge on any atom is 0.290 e. The molecule has 5 heteroatoms. The van der Waals surface area contributed by atoms with Crippen LogP contribution in [-0.2, 0) is 20.7 Å². The summed E-state index contributed by atoms with van der Waals surface area (Å²) in [5.74, 6) is -0.115. The molecule has 180 valence electrons. The van der Waals surface area contributed by atoms with Crippen LogP contribution in [0.5, 0.6) is 0 Å². The fourth-order valence-electron chi connectivity index (χ4n) is 5.23. The number of carbonyl (C=O) groups excluding carboxylic acids is 1. The van der Waals surface area contributed by atoms with Crippen LogP contribution in [0.2, 0.25) is 0 Å². The van der Waals surface area contributed by atoms with E-state index in [2.05, 4.69) is 47.8 Å². The Hall–Kier alpha value is -3.41. The molecule has 1 aliphatic carbocycles. The zero-order chi connectivity index (χ0) is 24.2. The average molecular weight is 470 g/mol. The van der Waals surface area contributed by atoms with Crippen LogP contribution in [0, 0.1) is 5.92 Å². The standard InChI is InChI=1S/C30H31NO4/c1-2-34-30-26(13-8-16-32)27(19-28(35-30)29(33)31-23-10-4-3-5-11-23)21-14-15-25-22(18-21)17-20-9-6-7-12-24(20)25/h3-7,9-12,14-15,18-19,26-27,30,32H,2,8,13,16-17H2,1H3,(H,31,33)/t26-,27-,30-/m0/s1. The maximum absolute atomic E-state index is 13.2. The number of carbonyl (C=O) groups is 1. The second-order valence-corrected chi connectivity index (χ2v) is 9.10. The third-order valence-electron chi connectivity index (χ3n) is 6.87. The third-order valence-corrected chi connectivity index (χ3v) is 6.87. The van der Waals surface area contributed by atoms with E-state index in [1.807, 2.05) is 43.3 Å². The first-order valence-electron chi connectivity index (χ1n) is 12.4. The van der Waals surface area contributed by atoms with E-state index in [4.69, 9.17) is 9.47 Å². The predicted octanol–water partition coefficient (Wildman–Crippen LogP) is 5.65. The highest BCUT2D eigenvalue weighted by Crippen LogP contribution is 2.43. The van der Waals surface area contributed by atoms with Gasteiger partial charge in [0.25, 0.3) is 5.91 Å². The van der Waals surface area contributed by atoms with Crippen LogP contribution in [0.25, 0.3) is 11.1 Å². The number of rotatable bonds is 8. The quantitative estimate of drug-likeness (QED) is 0.350. The first-order valence-corrected chi connectivity index (χ1v) is 12.4. The van der Waals surface area contributed by atoms with E-state index in [0.717, 1.165) is 18.4 Å². The van der Waals surface area contributed by atoms with Crippen LogP contribution in [0.4, 0.5) is 5.69 Å². The highest BCUT2D eigenvalue weighted by molar-refractivity contribution is 6.02. The van der Waals surface area contributed by atoms with Crippen molar-refractivity contribution < 1.29 is 19.4 Å². The minimum atomic E-state index is -0.566. The van der Waals surface area contributed by atoms with Crippen molar-refractivity contribution in [3.63, 3.8) is 0 Å². The molecule has 1 heterocycles. The molecule has 0 unspecified atom stereocenters. The number of amides is 1. The van der Waals surface area contributed by atoms with E-state index in [1.165, 1.54) is 22.3 Å². The van der Waals surface area contributed by atoms with Gasteiger partial charge in [-0.25, -0.2) is 0 Å². The molecule has 2 N–H and O–H groups in total. The highest BCUT2D eigenvalue weighted by atomic mass is 16.7. The Bertz CT molecular complexity index is 1220. The van der Waals surface area contributed by atoms with Gasteiger partial charge in [-0.3, -0.25) is 4.79 Å². The number of nitrogens with one attached hydrogen (secondary N) is 1. The van der Waals surface area contributed by atoms with Crippen LogP contribution < -0.4 is 5.32 Å². The second-order valence-electron chi connectivity index (χ2n) is 9.10. The van der Waals surface area contributed by atoms with Crippen molar-refractivity contribution in [2.75, 3.05) is 18.5 Å². The Kier molecular flexibility index (Phi) is 6.98. The summed E-state index contributed by atoms with van der Waals surface area (Å²) >= 11 is 0. The minimum absolute atomic E-state index is 0.0165. The summed E-state index contributed by atoms with van der Waals surface area (Å²) in [5, 5.41) is 12.5. The topological polar surface area (TPSA) is 67.8 Å². The molecule has 1 aliphatic heterocycles. The molecule has 0 bridgehead atoms. The summed E-state index contributed by atoms with van der Waals surface area (Å²) in [4.78, 5) is 13.2. The Morgan fingerprint density at radius 3 is 2.60 bits per heavy atom. The normalized spacial score (nSPS) is 20.4. The van der Waals surface area contributed by atoms with Gasteiger partial charge in [0.15, 0.2) is 5.76 Å². The fourth-order valence-corrected chi connectivity index (χ4v) is 5.23. The number of hydrogen-bond donors (Lipinski definition) is 2. The van der Waals surface area contributed by atoms with Gasteiger partial charge in [-0.1, -0.05) is 60.7 Å². The number of ether oxygens (including phenoxy) is 2.